The first kappa shape index (κ1) is 17.6. The smallest absolute Gasteiger partial charge is 0.407 e. The molecule has 5 heteroatoms. The molecule has 0 aromatic heterocycles. The molecule has 0 unspecified atom stereocenters. The summed E-state index contributed by atoms with van der Waals surface area (Å²) in [4.78, 5) is 11.5. The predicted octanol–water partition coefficient (Wildman–Crippen LogP) is 2.80. The summed E-state index contributed by atoms with van der Waals surface area (Å²) < 4.78 is 5.14. The Hall–Kier alpha value is -0.420. The number of hydrogen-bond donors (Lipinski definition) is 2. The van der Waals surface area contributed by atoms with E-state index < -0.39 is 11.7 Å². The van der Waals surface area contributed by atoms with Gasteiger partial charge in [-0.2, -0.15) is 11.8 Å². The molecule has 2 N–H and O–H groups in total. The highest BCUT2D eigenvalue weighted by atomic mass is 32.2. The molecule has 0 aliphatic rings. The average Bonchev–Trinajstić information content (AvgIpc) is 2.24. The van der Waals surface area contributed by atoms with Crippen molar-refractivity contribution in [2.45, 2.75) is 58.6 Å². The van der Waals surface area contributed by atoms with Crippen molar-refractivity contribution in [2.75, 3.05) is 18.1 Å². The summed E-state index contributed by atoms with van der Waals surface area (Å²) in [7, 11) is 0. The van der Waals surface area contributed by atoms with Crippen LogP contribution in [-0.4, -0.2) is 41.0 Å². The number of nitrogens with one attached hydrogen (secondary N) is 1. The Balaban J connectivity index is 3.79. The van der Waals surface area contributed by atoms with E-state index >= 15 is 0 Å². The maximum Gasteiger partial charge on any atom is 0.407 e. The second-order valence-corrected chi connectivity index (χ2v) is 6.46. The van der Waals surface area contributed by atoms with Gasteiger partial charge in [0.25, 0.3) is 0 Å². The molecular weight excluding hydrogens is 250 g/mol. The maximum absolute atomic E-state index is 11.5. The van der Waals surface area contributed by atoms with Crippen LogP contribution in [0.15, 0.2) is 0 Å². The minimum absolute atomic E-state index is 0.0555. The first-order valence-electron chi connectivity index (χ1n) is 6.57. The van der Waals surface area contributed by atoms with Crippen LogP contribution in [0.1, 0.15) is 47.0 Å². The highest BCUT2D eigenvalue weighted by molar-refractivity contribution is 7.99. The molecule has 0 fully saturated rings. The third-order valence-electron chi connectivity index (χ3n) is 2.15. The lowest BCUT2D eigenvalue weighted by molar-refractivity contribution is 0.0491. The largest absolute Gasteiger partial charge is 0.444 e. The number of unbranched alkanes of at least 4 members (excludes halogenated alkanes) is 2. The molecule has 108 valence electrons. The molecule has 1 amide bonds. The number of carbonyl (C=O) groups is 1. The van der Waals surface area contributed by atoms with Gasteiger partial charge >= 0.3 is 6.09 Å². The van der Waals surface area contributed by atoms with E-state index in [0.717, 1.165) is 11.5 Å². The van der Waals surface area contributed by atoms with Crippen molar-refractivity contribution in [2.24, 2.45) is 0 Å². The van der Waals surface area contributed by atoms with Gasteiger partial charge in [0.15, 0.2) is 0 Å². The number of thioether (sulfide) groups is 1. The zero-order valence-corrected chi connectivity index (χ0v) is 12.8. The van der Waals surface area contributed by atoms with E-state index in [1.165, 1.54) is 19.3 Å². The van der Waals surface area contributed by atoms with Gasteiger partial charge in [-0.1, -0.05) is 19.8 Å². The molecule has 1 atom stereocenters. The molecular formula is C13H27NO3S. The summed E-state index contributed by atoms with van der Waals surface area (Å²) in [5, 5.41) is 11.9. The Bertz CT molecular complexity index is 229. The van der Waals surface area contributed by atoms with Crippen LogP contribution in [0.25, 0.3) is 0 Å². The Kier molecular flexibility index (Phi) is 9.28. The summed E-state index contributed by atoms with van der Waals surface area (Å²) in [5.41, 5.74) is -0.502. The van der Waals surface area contributed by atoms with Crippen LogP contribution in [0, 0.1) is 0 Å². The van der Waals surface area contributed by atoms with Crippen LogP contribution in [0.5, 0.6) is 0 Å². The first-order valence-corrected chi connectivity index (χ1v) is 7.72. The number of aliphatic hydroxyl groups excluding tert-OH is 1. The Labute approximate surface area is 115 Å². The zero-order chi connectivity index (χ0) is 14.0. The lowest BCUT2D eigenvalue weighted by atomic mass is 10.2. The van der Waals surface area contributed by atoms with E-state index in [0.29, 0.717) is 0 Å². The van der Waals surface area contributed by atoms with Crippen LogP contribution in [0.3, 0.4) is 0 Å². The van der Waals surface area contributed by atoms with Crippen molar-refractivity contribution in [3.63, 3.8) is 0 Å². The molecule has 0 aromatic carbocycles. The van der Waals surface area contributed by atoms with Crippen LogP contribution < -0.4 is 5.32 Å². The van der Waals surface area contributed by atoms with Gasteiger partial charge in [0.1, 0.15) is 5.60 Å². The van der Waals surface area contributed by atoms with Crippen molar-refractivity contribution in [3.8, 4) is 0 Å². The summed E-state index contributed by atoms with van der Waals surface area (Å²) in [6.45, 7) is 7.57. The topological polar surface area (TPSA) is 58.6 Å². The molecule has 0 bridgehead atoms. The van der Waals surface area contributed by atoms with Crippen molar-refractivity contribution in [1.82, 2.24) is 5.32 Å². The Morgan fingerprint density at radius 3 is 2.56 bits per heavy atom. The molecule has 0 aromatic rings. The van der Waals surface area contributed by atoms with Crippen molar-refractivity contribution in [1.29, 1.82) is 0 Å². The highest BCUT2D eigenvalue weighted by Gasteiger charge is 2.18. The fourth-order valence-electron chi connectivity index (χ4n) is 1.29. The number of hydrogen-bond acceptors (Lipinski definition) is 4. The first-order chi connectivity index (χ1) is 8.39. The fourth-order valence-corrected chi connectivity index (χ4v) is 2.34. The lowest BCUT2D eigenvalue weighted by Gasteiger charge is -2.22. The lowest BCUT2D eigenvalue weighted by Crippen LogP contribution is -2.42. The summed E-state index contributed by atoms with van der Waals surface area (Å²) in [6.07, 6.45) is 3.16. The third kappa shape index (κ3) is 10.7. The SMILES string of the molecule is CCCCCSC[C@H](CO)NC(=O)OC(C)(C)C. The van der Waals surface area contributed by atoms with E-state index in [2.05, 4.69) is 12.2 Å². The second-order valence-electron chi connectivity index (χ2n) is 5.31. The normalized spacial score (nSPS) is 13.2. The molecule has 18 heavy (non-hydrogen) atoms. The van der Waals surface area contributed by atoms with Crippen molar-refractivity contribution < 1.29 is 14.6 Å². The van der Waals surface area contributed by atoms with Gasteiger partial charge in [0.2, 0.25) is 0 Å². The molecule has 0 saturated heterocycles. The standard InChI is InChI=1S/C13H27NO3S/c1-5-6-7-8-18-10-11(9-15)14-12(16)17-13(2,3)4/h11,15H,5-10H2,1-4H3,(H,14,16)/t11-/m0/s1. The minimum Gasteiger partial charge on any atom is -0.444 e. The zero-order valence-electron chi connectivity index (χ0n) is 12.0. The van der Waals surface area contributed by atoms with Gasteiger partial charge in [-0.3, -0.25) is 0 Å². The molecule has 0 radical (unpaired) electrons. The van der Waals surface area contributed by atoms with E-state index in [-0.39, 0.29) is 12.6 Å². The molecule has 4 nitrogen and oxygen atoms in total. The fraction of sp³-hybridized carbons (Fsp3) is 0.923. The van der Waals surface area contributed by atoms with E-state index in [4.69, 9.17) is 4.74 Å². The summed E-state index contributed by atoms with van der Waals surface area (Å²) >= 11 is 1.76. The number of aliphatic hydroxyl groups is 1. The highest BCUT2D eigenvalue weighted by Crippen LogP contribution is 2.10. The number of amides is 1. The van der Waals surface area contributed by atoms with E-state index in [1.54, 1.807) is 11.8 Å². The number of alkyl carbamates (subject to hydrolysis) is 1. The van der Waals surface area contributed by atoms with Gasteiger partial charge in [0.05, 0.1) is 12.6 Å². The summed E-state index contributed by atoms with van der Waals surface area (Å²) in [6, 6.07) is -0.230. The Morgan fingerprint density at radius 2 is 2.06 bits per heavy atom. The van der Waals surface area contributed by atoms with Crippen LogP contribution >= 0.6 is 11.8 Å². The van der Waals surface area contributed by atoms with Gasteiger partial charge in [0, 0.05) is 5.75 Å². The van der Waals surface area contributed by atoms with Crippen LogP contribution in [0.2, 0.25) is 0 Å². The monoisotopic (exact) mass is 277 g/mol. The average molecular weight is 277 g/mol. The predicted molar refractivity (Wildman–Crippen MR) is 77.1 cm³/mol. The second kappa shape index (κ2) is 9.50. The molecule has 0 rings (SSSR count). The van der Waals surface area contributed by atoms with Crippen molar-refractivity contribution in [3.05, 3.63) is 0 Å². The quantitative estimate of drug-likeness (QED) is 0.670. The number of ether oxygens (including phenoxy) is 1. The third-order valence-corrected chi connectivity index (χ3v) is 3.37. The van der Waals surface area contributed by atoms with Gasteiger partial charge in [-0.05, 0) is 32.9 Å². The van der Waals surface area contributed by atoms with Crippen LogP contribution in [-0.2, 0) is 4.74 Å². The van der Waals surface area contributed by atoms with Gasteiger partial charge in [-0.25, -0.2) is 4.79 Å². The number of rotatable bonds is 8. The van der Waals surface area contributed by atoms with Crippen molar-refractivity contribution >= 4 is 17.9 Å². The molecule has 0 aliphatic heterocycles. The Morgan fingerprint density at radius 1 is 1.39 bits per heavy atom. The van der Waals surface area contributed by atoms with Crippen LogP contribution in [0.4, 0.5) is 4.79 Å². The minimum atomic E-state index is -0.502. The van der Waals surface area contributed by atoms with E-state index in [9.17, 15) is 9.90 Å². The molecule has 0 heterocycles. The van der Waals surface area contributed by atoms with E-state index in [1.807, 2.05) is 20.8 Å². The maximum atomic E-state index is 11.5. The van der Waals surface area contributed by atoms with Gasteiger partial charge in [-0.15, -0.1) is 0 Å². The molecule has 0 spiro atoms. The molecule has 0 aliphatic carbocycles. The molecule has 0 saturated carbocycles. The summed E-state index contributed by atoms with van der Waals surface area (Å²) in [5.74, 6) is 1.79. The number of carbonyl (C=O) groups excluding carboxylic acids is 1. The van der Waals surface area contributed by atoms with Gasteiger partial charge < -0.3 is 15.2 Å².